The molecule has 0 aromatic rings. The van der Waals surface area contributed by atoms with Gasteiger partial charge in [0.1, 0.15) is 0 Å². The van der Waals surface area contributed by atoms with Crippen LogP contribution < -0.4 is 0 Å². The molecular weight excluding hydrogens is 452 g/mol. The van der Waals surface area contributed by atoms with Crippen molar-refractivity contribution in [3.8, 4) is 0 Å². The molecule has 0 aromatic heterocycles. The van der Waals surface area contributed by atoms with E-state index in [0.29, 0.717) is 30.6 Å². The second kappa shape index (κ2) is 8.95. The molecule has 0 aromatic carbocycles. The van der Waals surface area contributed by atoms with Gasteiger partial charge in [0.05, 0.1) is 22.9 Å². The van der Waals surface area contributed by atoms with E-state index in [-0.39, 0.29) is 40.3 Å². The Morgan fingerprint density at radius 2 is 1.50 bits per heavy atom. The van der Waals surface area contributed by atoms with E-state index in [1.165, 1.54) is 12.8 Å². The summed E-state index contributed by atoms with van der Waals surface area (Å²) in [6.07, 6.45) is 10.5. The van der Waals surface area contributed by atoms with Gasteiger partial charge in [-0.15, -0.1) is 0 Å². The molecular formula is C31H54O5. The minimum absolute atomic E-state index is 0.109. The van der Waals surface area contributed by atoms with Gasteiger partial charge in [-0.3, -0.25) is 4.79 Å². The van der Waals surface area contributed by atoms with Crippen LogP contribution in [0, 0.1) is 39.9 Å². The van der Waals surface area contributed by atoms with Crippen LogP contribution in [-0.2, 0) is 9.53 Å². The number of ether oxygens (including phenoxy) is 1. The molecule has 3 saturated carbocycles. The van der Waals surface area contributed by atoms with Crippen LogP contribution in [0.5, 0.6) is 0 Å². The Bertz CT molecular complexity index is 841. The van der Waals surface area contributed by atoms with E-state index in [4.69, 9.17) is 4.74 Å². The van der Waals surface area contributed by atoms with E-state index in [0.717, 1.165) is 38.5 Å². The van der Waals surface area contributed by atoms with Crippen LogP contribution in [-0.4, -0.2) is 44.2 Å². The molecule has 1 heterocycles. The van der Waals surface area contributed by atoms with Crippen molar-refractivity contribution < 1.29 is 24.9 Å². The zero-order chi connectivity index (χ0) is 26.9. The number of carbonyl (C=O) groups is 1. The van der Waals surface area contributed by atoms with Gasteiger partial charge in [0.25, 0.3) is 0 Å². The molecule has 0 unspecified atom stereocenters. The third-order valence-corrected chi connectivity index (χ3v) is 12.3. The van der Waals surface area contributed by atoms with Crippen LogP contribution in [0.25, 0.3) is 0 Å². The van der Waals surface area contributed by atoms with Gasteiger partial charge in [-0.25, -0.2) is 0 Å². The molecule has 5 heteroatoms. The van der Waals surface area contributed by atoms with Crippen LogP contribution >= 0.6 is 0 Å². The maximum absolute atomic E-state index is 11.7. The van der Waals surface area contributed by atoms with Crippen LogP contribution in [0.1, 0.15) is 126 Å². The summed E-state index contributed by atoms with van der Waals surface area (Å²) in [4.78, 5) is 11.7. The number of carboxylic acid groups (broad SMARTS) is 1. The van der Waals surface area contributed by atoms with Crippen LogP contribution in [0.15, 0.2) is 0 Å². The zero-order valence-corrected chi connectivity index (χ0v) is 24.3. The number of fused-ring (bicyclic) bond motifs is 3. The Morgan fingerprint density at radius 3 is 2.08 bits per heavy atom. The molecule has 4 fully saturated rings. The maximum atomic E-state index is 11.7. The predicted molar refractivity (Wildman–Crippen MR) is 143 cm³/mol. The normalized spacial score (nSPS) is 47.4. The first-order chi connectivity index (χ1) is 16.4. The highest BCUT2D eigenvalue weighted by molar-refractivity contribution is 5.66. The monoisotopic (exact) mass is 506 g/mol. The summed E-state index contributed by atoms with van der Waals surface area (Å²) in [5.74, 6) is 0.926. The quantitative estimate of drug-likeness (QED) is 0.363. The Hall–Kier alpha value is -0.650. The van der Waals surface area contributed by atoms with E-state index in [1.807, 2.05) is 27.7 Å². The maximum Gasteiger partial charge on any atom is 0.303 e. The highest BCUT2D eigenvalue weighted by atomic mass is 16.5. The fourth-order valence-corrected chi connectivity index (χ4v) is 10.6. The van der Waals surface area contributed by atoms with E-state index >= 15 is 0 Å². The molecule has 5 nitrogen and oxygen atoms in total. The van der Waals surface area contributed by atoms with Crippen LogP contribution in [0.4, 0.5) is 0 Å². The summed E-state index contributed by atoms with van der Waals surface area (Å²) in [6.45, 7) is 17.3. The second-order valence-electron chi connectivity index (χ2n) is 15.5. The Labute approximate surface area is 219 Å². The first-order valence-corrected chi connectivity index (χ1v) is 14.7. The summed E-state index contributed by atoms with van der Waals surface area (Å²) >= 11 is 0. The summed E-state index contributed by atoms with van der Waals surface area (Å²) in [6, 6.07) is 0. The lowest BCUT2D eigenvalue weighted by Gasteiger charge is -2.67. The van der Waals surface area contributed by atoms with E-state index in [9.17, 15) is 20.1 Å². The van der Waals surface area contributed by atoms with Gasteiger partial charge in [0, 0.05) is 12.8 Å². The molecule has 0 bridgehead atoms. The molecule has 36 heavy (non-hydrogen) atoms. The smallest absolute Gasteiger partial charge is 0.303 e. The van der Waals surface area contributed by atoms with Crippen LogP contribution in [0.3, 0.4) is 0 Å². The molecule has 9 atom stereocenters. The highest BCUT2D eigenvalue weighted by Gasteiger charge is 2.68. The van der Waals surface area contributed by atoms with Crippen molar-refractivity contribution >= 4 is 5.97 Å². The van der Waals surface area contributed by atoms with Crippen molar-refractivity contribution in [2.45, 2.75) is 149 Å². The largest absolute Gasteiger partial charge is 0.481 e. The highest BCUT2D eigenvalue weighted by Crippen LogP contribution is 2.74. The van der Waals surface area contributed by atoms with Crippen molar-refractivity contribution in [1.82, 2.24) is 0 Å². The van der Waals surface area contributed by atoms with Crippen molar-refractivity contribution in [3.63, 3.8) is 0 Å². The van der Waals surface area contributed by atoms with Crippen molar-refractivity contribution in [1.29, 1.82) is 0 Å². The minimum atomic E-state index is -0.814. The number of carboxylic acids is 1. The van der Waals surface area contributed by atoms with E-state index in [1.54, 1.807) is 0 Å². The van der Waals surface area contributed by atoms with Crippen molar-refractivity contribution in [2.24, 2.45) is 39.9 Å². The molecule has 4 rings (SSSR count). The molecule has 0 amide bonds. The van der Waals surface area contributed by atoms with Gasteiger partial charge in [-0.2, -0.15) is 0 Å². The molecule has 1 saturated heterocycles. The SMILES string of the molecule is CC(C)(O)C[C@H]1CC[C@@](C)([C@H]2CC[C@]3(C)[C@@H]2CC[C@H]2[C@@](C)(CCC(=O)O)[C@H](C(C)(C)O)CC[C@]23C)O1. The Morgan fingerprint density at radius 1 is 0.861 bits per heavy atom. The fourth-order valence-electron chi connectivity index (χ4n) is 10.6. The van der Waals surface area contributed by atoms with Crippen LogP contribution in [0.2, 0.25) is 0 Å². The van der Waals surface area contributed by atoms with Gasteiger partial charge in [-0.1, -0.05) is 20.8 Å². The molecule has 3 N–H and O–H groups in total. The van der Waals surface area contributed by atoms with Crippen molar-refractivity contribution in [3.05, 3.63) is 0 Å². The summed E-state index contributed by atoms with van der Waals surface area (Å²) in [5, 5.41) is 31.2. The third kappa shape index (κ3) is 4.57. The lowest BCUT2D eigenvalue weighted by molar-refractivity contribution is -0.211. The lowest BCUT2D eigenvalue weighted by Crippen LogP contribution is -2.62. The number of hydrogen-bond acceptors (Lipinski definition) is 4. The Balaban J connectivity index is 1.62. The molecule has 1 aliphatic heterocycles. The zero-order valence-electron chi connectivity index (χ0n) is 24.3. The minimum Gasteiger partial charge on any atom is -0.481 e. The number of rotatable bonds is 7. The Kier molecular flexibility index (Phi) is 7.05. The van der Waals surface area contributed by atoms with Gasteiger partial charge >= 0.3 is 5.97 Å². The lowest BCUT2D eigenvalue weighted by atomic mass is 9.37. The average Bonchev–Trinajstić information content (AvgIpc) is 3.26. The van der Waals surface area contributed by atoms with Gasteiger partial charge < -0.3 is 20.1 Å². The molecule has 208 valence electrons. The van der Waals surface area contributed by atoms with Gasteiger partial charge in [-0.05, 0) is 132 Å². The summed E-state index contributed by atoms with van der Waals surface area (Å²) in [5.41, 5.74) is -1.52. The van der Waals surface area contributed by atoms with Gasteiger partial charge in [0.15, 0.2) is 0 Å². The predicted octanol–water partition coefficient (Wildman–Crippen LogP) is 6.59. The third-order valence-electron chi connectivity index (χ3n) is 12.3. The topological polar surface area (TPSA) is 87.0 Å². The van der Waals surface area contributed by atoms with E-state index in [2.05, 4.69) is 27.7 Å². The van der Waals surface area contributed by atoms with Crippen molar-refractivity contribution in [2.75, 3.05) is 0 Å². The number of aliphatic hydroxyl groups is 2. The fraction of sp³-hybridized carbons (Fsp3) is 0.968. The number of hydrogen-bond donors (Lipinski definition) is 3. The first-order valence-electron chi connectivity index (χ1n) is 14.7. The standard InChI is InChI=1S/C31H54O5/c1-26(2,34)19-20-11-18-31(8,36-20)22-12-16-29(6)21(22)9-10-24-28(5,15-14-25(32)33)23(27(3,4)35)13-17-30(24,29)7/h20-24,34-35H,9-19H2,1-8H3,(H,32,33)/t20-,21-,22+,23+,24+,28+,29-,30-,31+/m1/s1. The summed E-state index contributed by atoms with van der Waals surface area (Å²) < 4.78 is 6.78. The molecule has 0 spiro atoms. The molecule has 4 aliphatic rings. The van der Waals surface area contributed by atoms with E-state index < -0.39 is 17.2 Å². The van der Waals surface area contributed by atoms with Gasteiger partial charge in [0.2, 0.25) is 0 Å². The second-order valence-corrected chi connectivity index (χ2v) is 15.5. The molecule has 0 radical (unpaired) electrons. The average molecular weight is 507 g/mol. The molecule has 3 aliphatic carbocycles. The first kappa shape index (κ1) is 28.4. The number of aliphatic carboxylic acids is 1. The summed E-state index contributed by atoms with van der Waals surface area (Å²) in [7, 11) is 0.